The summed E-state index contributed by atoms with van der Waals surface area (Å²) in [6, 6.07) is 98.3. The van der Waals surface area contributed by atoms with Crippen molar-refractivity contribution in [3.8, 4) is 44.8 Å². The fraction of sp³-hybridized carbons (Fsp3) is 0.217. The molecule has 0 amide bonds. The average molecular weight is 1260 g/mol. The van der Waals surface area contributed by atoms with E-state index in [4.69, 9.17) is 0 Å². The highest BCUT2D eigenvalue weighted by atomic mass is 15.2. The molecule has 97 heavy (non-hydrogen) atoms. The van der Waals surface area contributed by atoms with Crippen molar-refractivity contribution >= 4 is 101 Å². The number of anilines is 6. The summed E-state index contributed by atoms with van der Waals surface area (Å²) < 4.78 is 5.13. The number of hydrogen-bond acceptors (Lipinski definition) is 2. The van der Waals surface area contributed by atoms with Gasteiger partial charge in [-0.25, -0.2) is 0 Å². The standard InChI is InChI=1S/C92H87BN4/c1-88(2,3)64-32-26-62(27-33-64)63-50-85-87-86(51-63)95(70-40-30-61(31-41-70)59-24-20-17-21-25-59)84-57-72(97-80-53-66(90(7,8)9)34-44-73(80)74-45-35-67(54-81(74)97)91(10,11)12)43-48-78(84)93(87)77-47-42-71(56-83(77)94(85)69-38-28-60(29-39-69)58-22-18-16-19-23-58)96-79-49-37-65(89(4,5)6)52-76(79)75-46-36-68(55-82(75)96)92(13,14)15/h16-57H,1-15H3. The van der Waals surface area contributed by atoms with Crippen LogP contribution in [-0.4, -0.2) is 15.8 Å². The third-order valence-electron chi connectivity index (χ3n) is 21.1. The molecule has 14 aromatic rings. The maximum absolute atomic E-state index is 2.61. The Balaban J connectivity index is 1.02. The summed E-state index contributed by atoms with van der Waals surface area (Å²) >= 11 is 0. The van der Waals surface area contributed by atoms with Gasteiger partial charge in [-0.3, -0.25) is 0 Å². The van der Waals surface area contributed by atoms with Crippen molar-refractivity contribution in [2.45, 2.75) is 131 Å². The Hall–Kier alpha value is -10.1. The van der Waals surface area contributed by atoms with Crippen molar-refractivity contribution in [1.29, 1.82) is 0 Å². The summed E-state index contributed by atoms with van der Waals surface area (Å²) in [5.74, 6) is 0. The maximum Gasteiger partial charge on any atom is 0.252 e. The number of hydrogen-bond donors (Lipinski definition) is 0. The molecule has 12 aromatic carbocycles. The van der Waals surface area contributed by atoms with E-state index in [9.17, 15) is 0 Å². The number of aromatic nitrogens is 2. The maximum atomic E-state index is 2.61. The van der Waals surface area contributed by atoms with Gasteiger partial charge < -0.3 is 18.9 Å². The average Bonchev–Trinajstić information content (AvgIpc) is 1.18. The zero-order valence-electron chi connectivity index (χ0n) is 59.1. The van der Waals surface area contributed by atoms with Crippen LogP contribution in [0.2, 0.25) is 0 Å². The fourth-order valence-electron chi connectivity index (χ4n) is 15.5. The fourth-order valence-corrected chi connectivity index (χ4v) is 15.5. The van der Waals surface area contributed by atoms with E-state index < -0.39 is 0 Å². The Kier molecular flexibility index (Phi) is 14.2. The lowest BCUT2D eigenvalue weighted by Crippen LogP contribution is -2.61. The molecule has 0 N–H and O–H groups in total. The lowest BCUT2D eigenvalue weighted by Gasteiger charge is -2.44. The van der Waals surface area contributed by atoms with Crippen LogP contribution >= 0.6 is 0 Å². The van der Waals surface area contributed by atoms with Gasteiger partial charge in [0.1, 0.15) is 0 Å². The zero-order valence-corrected chi connectivity index (χ0v) is 59.1. The third-order valence-corrected chi connectivity index (χ3v) is 21.1. The van der Waals surface area contributed by atoms with Gasteiger partial charge in [0.15, 0.2) is 0 Å². The molecular formula is C92H87BN4. The summed E-state index contributed by atoms with van der Waals surface area (Å²) in [5, 5.41) is 5.05. The van der Waals surface area contributed by atoms with Crippen LogP contribution in [0.25, 0.3) is 88.4 Å². The zero-order chi connectivity index (χ0) is 67.4. The Morgan fingerprint density at radius 1 is 0.227 bits per heavy atom. The van der Waals surface area contributed by atoms with Gasteiger partial charge in [0.05, 0.1) is 22.1 Å². The van der Waals surface area contributed by atoms with E-state index in [1.807, 2.05) is 0 Å². The van der Waals surface area contributed by atoms with Crippen molar-refractivity contribution in [2.75, 3.05) is 9.80 Å². The van der Waals surface area contributed by atoms with Crippen LogP contribution in [0.5, 0.6) is 0 Å². The van der Waals surface area contributed by atoms with E-state index >= 15 is 0 Å². The van der Waals surface area contributed by atoms with Crippen LogP contribution in [0.1, 0.15) is 132 Å². The van der Waals surface area contributed by atoms with Gasteiger partial charge in [-0.2, -0.15) is 0 Å². The molecule has 0 saturated carbocycles. The van der Waals surface area contributed by atoms with Crippen LogP contribution in [0.15, 0.2) is 255 Å². The van der Waals surface area contributed by atoms with Crippen molar-refractivity contribution in [3.05, 3.63) is 283 Å². The van der Waals surface area contributed by atoms with Crippen molar-refractivity contribution in [2.24, 2.45) is 0 Å². The first-order valence-electron chi connectivity index (χ1n) is 34.9. The second kappa shape index (κ2) is 22.2. The van der Waals surface area contributed by atoms with E-state index in [-0.39, 0.29) is 33.8 Å². The summed E-state index contributed by atoms with van der Waals surface area (Å²) in [6.45, 7) is 34.7. The lowest BCUT2D eigenvalue weighted by molar-refractivity contribution is 0.590. The number of rotatable bonds is 7. The summed E-state index contributed by atoms with van der Waals surface area (Å²) in [7, 11) is 0. The first kappa shape index (κ1) is 61.8. The topological polar surface area (TPSA) is 16.3 Å². The first-order valence-corrected chi connectivity index (χ1v) is 34.9. The van der Waals surface area contributed by atoms with E-state index in [2.05, 4.69) is 378 Å². The van der Waals surface area contributed by atoms with Crippen LogP contribution in [0.4, 0.5) is 34.1 Å². The highest BCUT2D eigenvalue weighted by Gasteiger charge is 2.44. The highest BCUT2D eigenvalue weighted by molar-refractivity contribution is 7.00. The first-order chi connectivity index (χ1) is 46.2. The van der Waals surface area contributed by atoms with Crippen molar-refractivity contribution < 1.29 is 0 Å². The monoisotopic (exact) mass is 1260 g/mol. The van der Waals surface area contributed by atoms with Crippen LogP contribution in [0.3, 0.4) is 0 Å². The molecule has 2 aromatic heterocycles. The van der Waals surface area contributed by atoms with Gasteiger partial charge in [0, 0.05) is 67.0 Å². The Morgan fingerprint density at radius 2 is 0.546 bits per heavy atom. The minimum absolute atomic E-state index is 0.0135. The molecular weight excluding hydrogens is 1170 g/mol. The molecule has 2 aliphatic heterocycles. The second-order valence-electron chi connectivity index (χ2n) is 32.8. The molecule has 0 aliphatic carbocycles. The summed E-state index contributed by atoms with van der Waals surface area (Å²) in [6.07, 6.45) is 0. The van der Waals surface area contributed by atoms with Crippen LogP contribution in [-0.2, 0) is 27.1 Å². The molecule has 0 spiro atoms. The van der Waals surface area contributed by atoms with Gasteiger partial charge in [-0.1, -0.05) is 268 Å². The highest BCUT2D eigenvalue weighted by Crippen LogP contribution is 2.49. The number of benzene rings is 12. The molecule has 2 aliphatic rings. The Bertz CT molecular complexity index is 5370. The molecule has 0 unspecified atom stereocenters. The quantitative estimate of drug-likeness (QED) is 0.148. The molecule has 5 heteroatoms. The van der Waals surface area contributed by atoms with Crippen LogP contribution < -0.4 is 26.2 Å². The van der Waals surface area contributed by atoms with Crippen molar-refractivity contribution in [1.82, 2.24) is 9.13 Å². The SMILES string of the molecule is CC(C)(C)c1ccc(-c2cc3c4c(c2)N(c2ccc(-c5ccccc5)cc2)c2cc(-n5c6cc(C(C)(C)C)ccc6c6ccc(C(C)(C)C)cc65)ccc2B4c2ccc(-n4c5ccc(C(C)(C)C)cc5c5ccc(C(C)(C)C)cc54)cc2N3c2ccc(-c3ccccc3)cc2)cc1. The van der Waals surface area contributed by atoms with Crippen LogP contribution in [0, 0.1) is 0 Å². The molecule has 0 atom stereocenters. The molecule has 0 bridgehead atoms. The Morgan fingerprint density at radius 3 is 0.948 bits per heavy atom. The normalized spacial score (nSPS) is 13.5. The predicted octanol–water partition coefficient (Wildman–Crippen LogP) is 23.5. The molecule has 4 nitrogen and oxygen atoms in total. The van der Waals surface area contributed by atoms with E-state index in [1.165, 1.54) is 116 Å². The lowest BCUT2D eigenvalue weighted by atomic mass is 9.33. The predicted molar refractivity (Wildman–Crippen MR) is 419 cm³/mol. The summed E-state index contributed by atoms with van der Waals surface area (Å²) in [4.78, 5) is 5.22. The summed E-state index contributed by atoms with van der Waals surface area (Å²) in [5.41, 5.74) is 31.1. The molecule has 4 heterocycles. The number of nitrogens with zero attached hydrogens (tertiary/aromatic N) is 4. The Labute approximate surface area is 574 Å². The van der Waals surface area contributed by atoms with Gasteiger partial charge in [-0.05, 0) is 196 Å². The third kappa shape index (κ3) is 10.5. The minimum Gasteiger partial charge on any atom is -0.311 e. The molecule has 0 radical (unpaired) electrons. The van der Waals surface area contributed by atoms with E-state index in [0.717, 1.165) is 51.1 Å². The largest absolute Gasteiger partial charge is 0.311 e. The molecule has 0 saturated heterocycles. The second-order valence-corrected chi connectivity index (χ2v) is 32.8. The van der Waals surface area contributed by atoms with E-state index in [1.54, 1.807) is 0 Å². The number of fused-ring (bicyclic) bond motifs is 10. The molecule has 0 fully saturated rings. The van der Waals surface area contributed by atoms with Gasteiger partial charge in [0.2, 0.25) is 0 Å². The smallest absolute Gasteiger partial charge is 0.252 e. The molecule has 16 rings (SSSR count). The van der Waals surface area contributed by atoms with Crippen molar-refractivity contribution in [3.63, 3.8) is 0 Å². The van der Waals surface area contributed by atoms with Gasteiger partial charge >= 0.3 is 0 Å². The van der Waals surface area contributed by atoms with Gasteiger partial charge in [0.25, 0.3) is 6.71 Å². The minimum atomic E-state index is -0.159. The van der Waals surface area contributed by atoms with Gasteiger partial charge in [-0.15, -0.1) is 0 Å². The van der Waals surface area contributed by atoms with E-state index in [0.29, 0.717) is 0 Å². The molecule has 478 valence electrons.